The zero-order valence-electron chi connectivity index (χ0n) is 11.6. The van der Waals surface area contributed by atoms with E-state index in [-0.39, 0.29) is 10.5 Å². The van der Waals surface area contributed by atoms with Gasteiger partial charge < -0.3 is 5.11 Å². The maximum atomic E-state index is 12.3. The highest BCUT2D eigenvalue weighted by molar-refractivity contribution is 7.89. The third kappa shape index (κ3) is 3.37. The molecule has 2 N–H and O–H groups in total. The molecule has 5 nitrogen and oxygen atoms in total. The molecule has 1 atom stereocenters. The minimum Gasteiger partial charge on any atom is -0.478 e. The van der Waals surface area contributed by atoms with E-state index in [1.54, 1.807) is 6.92 Å². The summed E-state index contributed by atoms with van der Waals surface area (Å²) >= 11 is 0. The first kappa shape index (κ1) is 15.0. The predicted octanol–water partition coefficient (Wildman–Crippen LogP) is 2.02. The van der Waals surface area contributed by atoms with Crippen LogP contribution in [0.15, 0.2) is 23.1 Å². The Labute approximate surface area is 119 Å². The van der Waals surface area contributed by atoms with Crippen LogP contribution in [-0.2, 0) is 10.0 Å². The van der Waals surface area contributed by atoms with Crippen molar-refractivity contribution in [1.29, 1.82) is 0 Å². The van der Waals surface area contributed by atoms with E-state index < -0.39 is 16.0 Å². The summed E-state index contributed by atoms with van der Waals surface area (Å²) in [5.41, 5.74) is 0.521. The first-order valence-electron chi connectivity index (χ1n) is 6.65. The molecule has 1 aliphatic carbocycles. The second-order valence-corrected chi connectivity index (χ2v) is 7.19. The van der Waals surface area contributed by atoms with Crippen molar-refractivity contribution in [1.82, 2.24) is 4.72 Å². The molecule has 0 spiro atoms. The molecule has 0 saturated heterocycles. The lowest BCUT2D eigenvalue weighted by molar-refractivity contribution is 0.0696. The van der Waals surface area contributed by atoms with Gasteiger partial charge in [0, 0.05) is 6.54 Å². The van der Waals surface area contributed by atoms with Gasteiger partial charge in [0.05, 0.1) is 10.5 Å². The monoisotopic (exact) mass is 297 g/mol. The summed E-state index contributed by atoms with van der Waals surface area (Å²) in [4.78, 5) is 11.0. The van der Waals surface area contributed by atoms with E-state index >= 15 is 0 Å². The number of carbonyl (C=O) groups is 1. The Bertz CT molecular complexity index is 620. The van der Waals surface area contributed by atoms with Crippen LogP contribution in [0.4, 0.5) is 0 Å². The molecular formula is C14H19NO4S. The number of nitrogens with one attached hydrogen (secondary N) is 1. The maximum Gasteiger partial charge on any atom is 0.335 e. The molecule has 0 aromatic heterocycles. The van der Waals surface area contributed by atoms with Crippen LogP contribution in [0.5, 0.6) is 0 Å². The van der Waals surface area contributed by atoms with Crippen LogP contribution in [0.2, 0.25) is 0 Å². The minimum absolute atomic E-state index is 0.0220. The van der Waals surface area contributed by atoms with Crippen molar-refractivity contribution in [3.05, 3.63) is 29.3 Å². The fourth-order valence-corrected chi connectivity index (χ4v) is 3.59. The number of hydrogen-bond donors (Lipinski definition) is 2. The van der Waals surface area contributed by atoms with E-state index in [9.17, 15) is 13.2 Å². The Balaban J connectivity index is 2.19. The third-order valence-electron chi connectivity index (χ3n) is 3.75. The van der Waals surface area contributed by atoms with E-state index in [4.69, 9.17) is 5.11 Å². The molecule has 0 radical (unpaired) electrons. The highest BCUT2D eigenvalue weighted by Crippen LogP contribution is 2.36. The van der Waals surface area contributed by atoms with Gasteiger partial charge in [-0.05, 0) is 49.3 Å². The Kier molecular flexibility index (Phi) is 4.15. The number of sulfonamides is 1. The second kappa shape index (κ2) is 5.54. The zero-order valence-corrected chi connectivity index (χ0v) is 12.4. The first-order valence-corrected chi connectivity index (χ1v) is 8.13. The number of aromatic carboxylic acids is 1. The molecule has 6 heteroatoms. The molecular weight excluding hydrogens is 278 g/mol. The molecule has 0 amide bonds. The summed E-state index contributed by atoms with van der Waals surface area (Å²) in [6, 6.07) is 4.13. The Hall–Kier alpha value is -1.40. The SMILES string of the molecule is Cc1ccc(C(=O)O)cc1S(=O)(=O)NCC(C)C1CC1. The topological polar surface area (TPSA) is 83.5 Å². The van der Waals surface area contributed by atoms with Crippen molar-refractivity contribution < 1.29 is 18.3 Å². The number of carboxylic acids is 1. The number of benzene rings is 1. The van der Waals surface area contributed by atoms with Gasteiger partial charge in [0.1, 0.15) is 0 Å². The summed E-state index contributed by atoms with van der Waals surface area (Å²) in [7, 11) is -3.66. The number of aryl methyl sites for hydroxylation is 1. The lowest BCUT2D eigenvalue weighted by Gasteiger charge is -2.13. The highest BCUT2D eigenvalue weighted by Gasteiger charge is 2.29. The molecule has 1 aromatic carbocycles. The smallest absolute Gasteiger partial charge is 0.335 e. The van der Waals surface area contributed by atoms with E-state index in [0.717, 1.165) is 12.8 Å². The Morgan fingerprint density at radius 2 is 2.10 bits per heavy atom. The van der Waals surface area contributed by atoms with Crippen LogP contribution in [0.1, 0.15) is 35.7 Å². The molecule has 20 heavy (non-hydrogen) atoms. The van der Waals surface area contributed by atoms with E-state index in [2.05, 4.69) is 4.72 Å². The summed E-state index contributed by atoms with van der Waals surface area (Å²) in [6.07, 6.45) is 2.33. The maximum absolute atomic E-state index is 12.3. The molecule has 1 saturated carbocycles. The van der Waals surface area contributed by atoms with Crippen LogP contribution < -0.4 is 4.72 Å². The summed E-state index contributed by atoms with van der Waals surface area (Å²) in [6.45, 7) is 4.08. The van der Waals surface area contributed by atoms with E-state index in [1.165, 1.54) is 18.2 Å². The van der Waals surface area contributed by atoms with Crippen molar-refractivity contribution in [3.63, 3.8) is 0 Å². The molecule has 1 fully saturated rings. The molecule has 0 bridgehead atoms. The molecule has 2 rings (SSSR count). The van der Waals surface area contributed by atoms with Gasteiger partial charge in [-0.3, -0.25) is 0 Å². The van der Waals surface area contributed by atoms with Crippen LogP contribution in [0.3, 0.4) is 0 Å². The van der Waals surface area contributed by atoms with Gasteiger partial charge in [0.25, 0.3) is 0 Å². The third-order valence-corrected chi connectivity index (χ3v) is 5.31. The Morgan fingerprint density at radius 1 is 1.45 bits per heavy atom. The standard InChI is InChI=1S/C14H19NO4S/c1-9-3-4-12(14(16)17)7-13(9)20(18,19)15-8-10(2)11-5-6-11/h3-4,7,10-11,15H,5-6,8H2,1-2H3,(H,16,17). The van der Waals surface area contributed by atoms with Gasteiger partial charge >= 0.3 is 5.97 Å². The quantitative estimate of drug-likeness (QED) is 0.841. The second-order valence-electron chi connectivity index (χ2n) is 5.45. The largest absolute Gasteiger partial charge is 0.478 e. The van der Waals surface area contributed by atoms with Crippen LogP contribution in [0, 0.1) is 18.8 Å². The van der Waals surface area contributed by atoms with E-state index in [1.807, 2.05) is 6.92 Å². The first-order chi connectivity index (χ1) is 9.31. The van der Waals surface area contributed by atoms with Gasteiger partial charge in [0.2, 0.25) is 10.0 Å². The fraction of sp³-hybridized carbons (Fsp3) is 0.500. The number of hydrogen-bond acceptors (Lipinski definition) is 3. The zero-order chi connectivity index (χ0) is 14.9. The normalized spacial score (nSPS) is 16.9. The van der Waals surface area contributed by atoms with Crippen molar-refractivity contribution in [2.75, 3.05) is 6.54 Å². The molecule has 0 aliphatic heterocycles. The minimum atomic E-state index is -3.66. The summed E-state index contributed by atoms with van der Waals surface area (Å²) in [5.74, 6) is -0.204. The average Bonchev–Trinajstić information content (AvgIpc) is 3.20. The van der Waals surface area contributed by atoms with Crippen molar-refractivity contribution in [2.24, 2.45) is 11.8 Å². The lowest BCUT2D eigenvalue weighted by Crippen LogP contribution is -2.29. The highest BCUT2D eigenvalue weighted by atomic mass is 32.2. The molecule has 0 heterocycles. The number of rotatable bonds is 6. The fourth-order valence-electron chi connectivity index (χ4n) is 2.17. The van der Waals surface area contributed by atoms with Gasteiger partial charge in [-0.15, -0.1) is 0 Å². The molecule has 1 aromatic rings. The molecule has 110 valence electrons. The number of carboxylic acid groups (broad SMARTS) is 1. The van der Waals surface area contributed by atoms with Crippen LogP contribution >= 0.6 is 0 Å². The summed E-state index contributed by atoms with van der Waals surface area (Å²) < 4.78 is 27.1. The summed E-state index contributed by atoms with van der Waals surface area (Å²) in [5, 5.41) is 8.95. The van der Waals surface area contributed by atoms with E-state index in [0.29, 0.717) is 23.9 Å². The van der Waals surface area contributed by atoms with Crippen LogP contribution in [0.25, 0.3) is 0 Å². The lowest BCUT2D eigenvalue weighted by atomic mass is 10.1. The van der Waals surface area contributed by atoms with Gasteiger partial charge in [-0.25, -0.2) is 17.9 Å². The molecule has 1 unspecified atom stereocenters. The average molecular weight is 297 g/mol. The van der Waals surface area contributed by atoms with Gasteiger partial charge in [-0.2, -0.15) is 0 Å². The predicted molar refractivity (Wildman–Crippen MR) is 75.2 cm³/mol. The Morgan fingerprint density at radius 3 is 2.65 bits per heavy atom. The van der Waals surface area contributed by atoms with Crippen LogP contribution in [-0.4, -0.2) is 26.0 Å². The van der Waals surface area contributed by atoms with Crippen molar-refractivity contribution >= 4 is 16.0 Å². The van der Waals surface area contributed by atoms with Crippen molar-refractivity contribution in [2.45, 2.75) is 31.6 Å². The van der Waals surface area contributed by atoms with Gasteiger partial charge in [0.15, 0.2) is 0 Å². The molecule has 1 aliphatic rings. The van der Waals surface area contributed by atoms with Crippen molar-refractivity contribution in [3.8, 4) is 0 Å². The van der Waals surface area contributed by atoms with Gasteiger partial charge in [-0.1, -0.05) is 13.0 Å².